The number of aryl methyl sites for hydroxylation is 1. The number of aliphatic imine (C=N–C) groups is 1. The summed E-state index contributed by atoms with van der Waals surface area (Å²) in [5.41, 5.74) is 2.87. The molecule has 26 heavy (non-hydrogen) atoms. The summed E-state index contributed by atoms with van der Waals surface area (Å²) in [6.07, 6.45) is 3.15. The lowest BCUT2D eigenvalue weighted by Crippen LogP contribution is -1.97. The fourth-order valence-corrected chi connectivity index (χ4v) is 2.44. The molecule has 1 N–H and O–H groups in total. The average molecular weight is 361 g/mol. The molecule has 0 bridgehead atoms. The molecule has 0 radical (unpaired) electrons. The molecule has 5 heteroatoms. The summed E-state index contributed by atoms with van der Waals surface area (Å²) >= 11 is 0. The van der Waals surface area contributed by atoms with E-state index in [1.165, 1.54) is 13.2 Å². The summed E-state index contributed by atoms with van der Waals surface area (Å²) in [7, 11) is 2.48. The van der Waals surface area contributed by atoms with Crippen molar-refractivity contribution in [3.05, 3.63) is 47.3 Å². The third-order valence-corrected chi connectivity index (χ3v) is 3.49. The molecule has 0 spiro atoms. The van der Waals surface area contributed by atoms with E-state index in [-0.39, 0.29) is 5.56 Å². The van der Waals surface area contributed by atoms with Crippen LogP contribution in [0.4, 0.5) is 10.1 Å². The number of carbonyl (C=O) groups excluding carboxylic acids is 1. The Hall–Kier alpha value is -2.53. The van der Waals surface area contributed by atoms with Crippen molar-refractivity contribution in [1.82, 2.24) is 0 Å². The zero-order valence-electron chi connectivity index (χ0n) is 16.3. The Kier molecular flexibility index (Phi) is 11.5. The van der Waals surface area contributed by atoms with Gasteiger partial charge in [-0.1, -0.05) is 26.8 Å². The number of rotatable bonds is 5. The maximum absolute atomic E-state index is 14.3. The van der Waals surface area contributed by atoms with Crippen molar-refractivity contribution < 1.29 is 19.0 Å². The molecule has 0 aromatic heterocycles. The predicted molar refractivity (Wildman–Crippen MR) is 106 cm³/mol. The van der Waals surface area contributed by atoms with Gasteiger partial charge in [-0.2, -0.15) is 0 Å². The highest BCUT2D eigenvalue weighted by atomic mass is 19.1. The molecule has 142 valence electrons. The first-order valence-electron chi connectivity index (χ1n) is 8.54. The molecular formula is C21H28FNO3. The molecular weight excluding hydrogens is 333 g/mol. The molecule has 2 aromatic carbocycles. The maximum atomic E-state index is 14.3. The normalized spacial score (nSPS) is 9.69. The van der Waals surface area contributed by atoms with Gasteiger partial charge >= 0.3 is 0 Å². The Morgan fingerprint density at radius 2 is 1.88 bits per heavy atom. The molecule has 0 fully saturated rings. The molecule has 2 rings (SSSR count). The van der Waals surface area contributed by atoms with Gasteiger partial charge in [-0.15, -0.1) is 0 Å². The number of aliphatic hydroxyl groups excluding tert-OH is 1. The van der Waals surface area contributed by atoms with Crippen LogP contribution >= 0.6 is 0 Å². The van der Waals surface area contributed by atoms with Crippen molar-refractivity contribution in [3.63, 3.8) is 0 Å². The quantitative estimate of drug-likeness (QED) is 0.586. The van der Waals surface area contributed by atoms with Crippen LogP contribution in [0.1, 0.15) is 43.6 Å². The number of halogens is 1. The summed E-state index contributed by atoms with van der Waals surface area (Å²) in [5, 5.41) is 7.00. The lowest BCUT2D eigenvalue weighted by molar-refractivity contribution is 0.112. The summed E-state index contributed by atoms with van der Waals surface area (Å²) in [6.45, 7) is 7.80. The lowest BCUT2D eigenvalue weighted by Gasteiger charge is -2.14. The molecule has 0 heterocycles. The summed E-state index contributed by atoms with van der Waals surface area (Å²) in [5.74, 6) is -0.0445. The molecule has 0 aliphatic rings. The number of aldehydes is 1. The van der Waals surface area contributed by atoms with Gasteiger partial charge in [0.05, 0.1) is 18.4 Å². The molecule has 0 saturated heterocycles. The fourth-order valence-electron chi connectivity index (χ4n) is 2.44. The van der Waals surface area contributed by atoms with Crippen LogP contribution in [0.2, 0.25) is 0 Å². The van der Waals surface area contributed by atoms with Crippen LogP contribution < -0.4 is 4.74 Å². The highest BCUT2D eigenvalue weighted by Gasteiger charge is 2.17. The third-order valence-electron chi connectivity index (χ3n) is 3.49. The van der Waals surface area contributed by atoms with E-state index in [0.717, 1.165) is 31.1 Å². The second-order valence-corrected chi connectivity index (χ2v) is 4.74. The van der Waals surface area contributed by atoms with Crippen molar-refractivity contribution in [2.24, 2.45) is 4.99 Å². The number of carbonyl (C=O) groups is 1. The van der Waals surface area contributed by atoms with E-state index < -0.39 is 5.82 Å². The molecule has 0 amide bonds. The van der Waals surface area contributed by atoms with E-state index in [4.69, 9.17) is 9.84 Å². The highest BCUT2D eigenvalue weighted by Crippen LogP contribution is 2.37. The van der Waals surface area contributed by atoms with Gasteiger partial charge in [-0.3, -0.25) is 9.79 Å². The number of hydrogen-bond acceptors (Lipinski definition) is 4. The van der Waals surface area contributed by atoms with Gasteiger partial charge in [0.2, 0.25) is 0 Å². The monoisotopic (exact) mass is 361 g/mol. The molecule has 4 nitrogen and oxygen atoms in total. The minimum absolute atomic E-state index is 0.280. The summed E-state index contributed by atoms with van der Waals surface area (Å²) in [4.78, 5) is 15.8. The highest BCUT2D eigenvalue weighted by molar-refractivity contribution is 5.91. The van der Waals surface area contributed by atoms with Gasteiger partial charge in [0, 0.05) is 24.5 Å². The lowest BCUT2D eigenvalue weighted by atomic mass is 9.95. The molecule has 2 aromatic rings. The first-order chi connectivity index (χ1) is 12.7. The van der Waals surface area contributed by atoms with Crippen molar-refractivity contribution in [2.45, 2.75) is 34.1 Å². The summed E-state index contributed by atoms with van der Waals surface area (Å²) in [6, 6.07) is 8.09. The van der Waals surface area contributed by atoms with E-state index in [2.05, 4.69) is 4.99 Å². The van der Waals surface area contributed by atoms with E-state index in [1.54, 1.807) is 30.5 Å². The van der Waals surface area contributed by atoms with Crippen molar-refractivity contribution in [3.8, 4) is 16.9 Å². The Labute approximate surface area is 155 Å². The minimum Gasteiger partial charge on any atom is -0.496 e. The predicted octanol–water partition coefficient (Wildman–Crippen LogP) is 5.23. The smallest absolute Gasteiger partial charge is 0.150 e. The van der Waals surface area contributed by atoms with E-state index >= 15 is 0 Å². The number of hydrogen-bond donors (Lipinski definition) is 1. The SMILES string of the molecule is CC.CC=Nc1cc(-c2c(F)cccc2OC)c(C=O)cc1CC.CO. The number of ether oxygens (including phenoxy) is 1. The number of nitrogens with zero attached hydrogens (tertiary/aromatic N) is 1. The first kappa shape index (κ1) is 23.5. The number of benzene rings is 2. The second-order valence-electron chi connectivity index (χ2n) is 4.74. The Morgan fingerprint density at radius 3 is 2.38 bits per heavy atom. The van der Waals surface area contributed by atoms with Crippen LogP contribution in [0.25, 0.3) is 11.1 Å². The van der Waals surface area contributed by atoms with Crippen molar-refractivity contribution in [2.75, 3.05) is 14.2 Å². The minimum atomic E-state index is -0.432. The topological polar surface area (TPSA) is 58.9 Å². The molecule has 0 aliphatic heterocycles. The van der Waals surface area contributed by atoms with E-state index in [1.807, 2.05) is 27.7 Å². The van der Waals surface area contributed by atoms with E-state index in [0.29, 0.717) is 16.9 Å². The second kappa shape index (κ2) is 12.8. The Balaban J connectivity index is 0.00000146. The maximum Gasteiger partial charge on any atom is 0.150 e. The van der Waals surface area contributed by atoms with Gasteiger partial charge in [0.25, 0.3) is 0 Å². The van der Waals surface area contributed by atoms with Crippen LogP contribution in [-0.2, 0) is 6.42 Å². The van der Waals surface area contributed by atoms with Crippen LogP contribution in [0.5, 0.6) is 5.75 Å². The average Bonchev–Trinajstić information content (AvgIpc) is 2.70. The van der Waals surface area contributed by atoms with Gasteiger partial charge in [0.15, 0.2) is 6.29 Å². The summed E-state index contributed by atoms with van der Waals surface area (Å²) < 4.78 is 19.5. The van der Waals surface area contributed by atoms with Gasteiger partial charge in [0.1, 0.15) is 11.6 Å². The molecule has 0 saturated carbocycles. The van der Waals surface area contributed by atoms with Gasteiger partial charge < -0.3 is 9.84 Å². The Bertz CT molecular complexity index is 727. The number of aliphatic hydroxyl groups is 1. The fraction of sp³-hybridized carbons (Fsp3) is 0.333. The zero-order valence-corrected chi connectivity index (χ0v) is 16.3. The van der Waals surface area contributed by atoms with Crippen molar-refractivity contribution in [1.29, 1.82) is 0 Å². The number of methoxy groups -OCH3 is 1. The van der Waals surface area contributed by atoms with E-state index in [9.17, 15) is 9.18 Å². The van der Waals surface area contributed by atoms with Crippen molar-refractivity contribution >= 4 is 18.2 Å². The molecule has 0 unspecified atom stereocenters. The van der Waals surface area contributed by atoms with Crippen LogP contribution in [-0.4, -0.2) is 31.8 Å². The molecule has 0 atom stereocenters. The van der Waals surface area contributed by atoms with Gasteiger partial charge in [-0.05, 0) is 43.2 Å². The van der Waals surface area contributed by atoms with Crippen LogP contribution in [0.15, 0.2) is 35.3 Å². The molecule has 0 aliphatic carbocycles. The first-order valence-corrected chi connectivity index (χ1v) is 8.54. The van der Waals surface area contributed by atoms with Gasteiger partial charge in [-0.25, -0.2) is 4.39 Å². The zero-order chi connectivity index (χ0) is 20.1. The van der Waals surface area contributed by atoms with Crippen LogP contribution in [0.3, 0.4) is 0 Å². The third kappa shape index (κ3) is 5.49. The standard InChI is InChI=1S/C18H18FNO2.C2H6.CH4O/c1-4-12-9-13(11-21)14(10-16(12)20-5-2)18-15(19)7-6-8-17(18)22-3;2*1-2/h5-11H,4H2,1-3H3;1-2H3;2H,1H3. The van der Waals surface area contributed by atoms with Crippen LogP contribution in [0, 0.1) is 5.82 Å². The Morgan fingerprint density at radius 1 is 1.23 bits per heavy atom. The largest absolute Gasteiger partial charge is 0.496 e.